The van der Waals surface area contributed by atoms with Crippen molar-refractivity contribution in [3.63, 3.8) is 0 Å². The van der Waals surface area contributed by atoms with Crippen LogP contribution in [-0.4, -0.2) is 24.6 Å². The van der Waals surface area contributed by atoms with Gasteiger partial charge in [-0.2, -0.15) is 5.26 Å². The Balaban J connectivity index is 3.28. The minimum Gasteiger partial charge on any atom is -0.490 e. The number of carbonyl (C=O) groups excluding carboxylic acids is 2. The first kappa shape index (κ1) is 20.5. The lowest BCUT2D eigenvalue weighted by Gasteiger charge is -2.18. The Hall–Kier alpha value is -2.53. The number of ether oxygens (including phenoxy) is 2. The number of nitriles is 1. The number of hydrogen-bond donors (Lipinski definition) is 2. The summed E-state index contributed by atoms with van der Waals surface area (Å²) in [6, 6.07) is 4.05. The van der Waals surface area contributed by atoms with Crippen molar-refractivity contribution in [1.29, 1.82) is 5.26 Å². The second kappa shape index (κ2) is 9.69. The normalized spacial score (nSPS) is 12.0. The van der Waals surface area contributed by atoms with Crippen molar-refractivity contribution in [3.05, 3.63) is 27.7 Å². The van der Waals surface area contributed by atoms with Gasteiger partial charge in [0.15, 0.2) is 11.5 Å². The Morgan fingerprint density at radius 1 is 1.44 bits per heavy atom. The highest BCUT2D eigenvalue weighted by Gasteiger charge is 2.16. The van der Waals surface area contributed by atoms with Crippen LogP contribution in [0.15, 0.2) is 22.2 Å². The topological polar surface area (TPSA) is 114 Å². The average molecular weight is 410 g/mol. The van der Waals surface area contributed by atoms with Gasteiger partial charge >= 0.3 is 6.03 Å². The van der Waals surface area contributed by atoms with Crippen LogP contribution in [0, 0.1) is 11.3 Å². The first-order valence-corrected chi connectivity index (χ1v) is 8.47. The molecule has 0 heterocycles. The van der Waals surface area contributed by atoms with Crippen LogP contribution in [0.1, 0.15) is 32.8 Å². The van der Waals surface area contributed by atoms with Crippen molar-refractivity contribution in [3.8, 4) is 17.6 Å². The molecular weight excluding hydrogens is 390 g/mol. The number of nitrogens with one attached hydrogen (secondary N) is 1. The van der Waals surface area contributed by atoms with Gasteiger partial charge in [-0.05, 0) is 60.0 Å². The third kappa shape index (κ3) is 6.12. The molecule has 1 rings (SSSR count). The molecule has 0 fully saturated rings. The Morgan fingerprint density at radius 3 is 2.64 bits per heavy atom. The van der Waals surface area contributed by atoms with Gasteiger partial charge in [-0.25, -0.2) is 4.79 Å². The summed E-state index contributed by atoms with van der Waals surface area (Å²) in [4.78, 5) is 22.5. The number of benzene rings is 1. The summed E-state index contributed by atoms with van der Waals surface area (Å²) < 4.78 is 12.1. The molecule has 0 aliphatic carbocycles. The molecule has 0 aromatic heterocycles. The maximum absolute atomic E-state index is 11.8. The van der Waals surface area contributed by atoms with E-state index < -0.39 is 11.9 Å². The van der Waals surface area contributed by atoms with Gasteiger partial charge < -0.3 is 15.2 Å². The van der Waals surface area contributed by atoms with Crippen molar-refractivity contribution in [2.45, 2.75) is 33.3 Å². The van der Waals surface area contributed by atoms with Crippen LogP contribution in [0.4, 0.5) is 4.79 Å². The molecule has 0 unspecified atom stereocenters. The summed E-state index contributed by atoms with van der Waals surface area (Å²) in [5.74, 6) is 0.161. The first-order valence-electron chi connectivity index (χ1n) is 7.67. The largest absolute Gasteiger partial charge is 0.490 e. The molecular formula is C17H20BrN3O4. The van der Waals surface area contributed by atoms with Gasteiger partial charge in [0.05, 0.1) is 17.2 Å². The summed E-state index contributed by atoms with van der Waals surface area (Å²) in [5.41, 5.74) is 5.16. The Morgan fingerprint density at radius 2 is 2.12 bits per heavy atom. The number of nitrogens with two attached hydrogens (primary N) is 1. The molecule has 0 saturated carbocycles. The second-order valence-electron chi connectivity index (χ2n) is 5.09. The summed E-state index contributed by atoms with van der Waals surface area (Å²) in [5, 5.41) is 11.0. The lowest BCUT2D eigenvalue weighted by Crippen LogP contribution is -2.35. The van der Waals surface area contributed by atoms with Gasteiger partial charge in [0, 0.05) is 0 Å². The van der Waals surface area contributed by atoms with Crippen molar-refractivity contribution < 1.29 is 19.1 Å². The van der Waals surface area contributed by atoms with E-state index in [0.29, 0.717) is 28.1 Å². The van der Waals surface area contributed by atoms with E-state index in [1.807, 2.05) is 26.1 Å². The third-order valence-corrected chi connectivity index (χ3v) is 3.73. The number of carbonyl (C=O) groups is 2. The molecule has 0 aliphatic rings. The molecule has 7 nitrogen and oxygen atoms in total. The van der Waals surface area contributed by atoms with Crippen LogP contribution >= 0.6 is 15.9 Å². The summed E-state index contributed by atoms with van der Waals surface area (Å²) in [6.45, 7) is 6.21. The molecule has 1 atom stereocenters. The maximum atomic E-state index is 11.8. The number of urea groups is 1. The number of imide groups is 1. The maximum Gasteiger partial charge on any atom is 0.319 e. The van der Waals surface area contributed by atoms with E-state index in [1.54, 1.807) is 18.2 Å². The molecule has 3 N–H and O–H groups in total. The van der Waals surface area contributed by atoms with Gasteiger partial charge in [-0.15, -0.1) is 0 Å². The zero-order valence-electron chi connectivity index (χ0n) is 14.3. The number of amides is 3. The van der Waals surface area contributed by atoms with E-state index >= 15 is 0 Å². The van der Waals surface area contributed by atoms with Crippen LogP contribution in [-0.2, 0) is 4.79 Å². The van der Waals surface area contributed by atoms with Crippen molar-refractivity contribution >= 4 is 33.9 Å². The number of nitrogens with zero attached hydrogens (tertiary/aromatic N) is 1. The standard InChI is InChI=1S/C17H20BrN3O4/c1-4-10(3)25-15-13(18)7-11(8-14(15)24-5-2)6-12(9-19)16(22)21-17(20)23/h6-8,10H,4-5H2,1-3H3,(H3,20,21,22,23)/b12-6-/t10-/m0/s1. The number of primary amides is 1. The van der Waals surface area contributed by atoms with Crippen molar-refractivity contribution in [2.24, 2.45) is 5.73 Å². The first-order chi connectivity index (χ1) is 11.8. The van der Waals surface area contributed by atoms with Crippen molar-refractivity contribution in [1.82, 2.24) is 5.32 Å². The lowest BCUT2D eigenvalue weighted by molar-refractivity contribution is -0.115. The third-order valence-electron chi connectivity index (χ3n) is 3.14. The highest BCUT2D eigenvalue weighted by molar-refractivity contribution is 9.10. The summed E-state index contributed by atoms with van der Waals surface area (Å²) in [6.07, 6.45) is 2.15. The van der Waals surface area contributed by atoms with E-state index in [4.69, 9.17) is 20.5 Å². The highest BCUT2D eigenvalue weighted by atomic mass is 79.9. The summed E-state index contributed by atoms with van der Waals surface area (Å²) in [7, 11) is 0. The second-order valence-corrected chi connectivity index (χ2v) is 5.94. The number of halogens is 1. The Kier molecular flexibility index (Phi) is 7.95. The average Bonchev–Trinajstić information content (AvgIpc) is 2.54. The van der Waals surface area contributed by atoms with Gasteiger partial charge in [-0.3, -0.25) is 10.1 Å². The van der Waals surface area contributed by atoms with E-state index in [2.05, 4.69) is 15.9 Å². The van der Waals surface area contributed by atoms with Gasteiger partial charge in [0.25, 0.3) is 5.91 Å². The number of hydrogen-bond acceptors (Lipinski definition) is 5. The van der Waals surface area contributed by atoms with Crippen LogP contribution in [0.5, 0.6) is 11.5 Å². The molecule has 1 aromatic rings. The van der Waals surface area contributed by atoms with E-state index in [-0.39, 0.29) is 11.7 Å². The minimum atomic E-state index is -1.03. The Labute approximate surface area is 154 Å². The predicted molar refractivity (Wildman–Crippen MR) is 97.0 cm³/mol. The van der Waals surface area contributed by atoms with Crippen LogP contribution in [0.2, 0.25) is 0 Å². The Bertz CT molecular complexity index is 725. The lowest BCUT2D eigenvalue weighted by atomic mass is 10.1. The summed E-state index contributed by atoms with van der Waals surface area (Å²) >= 11 is 3.42. The van der Waals surface area contributed by atoms with Crippen LogP contribution in [0.25, 0.3) is 6.08 Å². The zero-order chi connectivity index (χ0) is 19.0. The van der Waals surface area contributed by atoms with Gasteiger partial charge in [-0.1, -0.05) is 6.92 Å². The fraction of sp³-hybridized carbons (Fsp3) is 0.353. The van der Waals surface area contributed by atoms with Gasteiger partial charge in [0.2, 0.25) is 0 Å². The molecule has 0 bridgehead atoms. The molecule has 25 heavy (non-hydrogen) atoms. The quantitative estimate of drug-likeness (QED) is 0.530. The van der Waals surface area contributed by atoms with E-state index in [9.17, 15) is 9.59 Å². The minimum absolute atomic E-state index is 0.00656. The molecule has 0 saturated heterocycles. The number of rotatable bonds is 7. The monoisotopic (exact) mass is 409 g/mol. The van der Waals surface area contributed by atoms with Crippen LogP contribution < -0.4 is 20.5 Å². The molecule has 1 aromatic carbocycles. The molecule has 0 radical (unpaired) electrons. The SMILES string of the molecule is CCOc1cc(/C=C(/C#N)C(=O)NC(N)=O)cc(Br)c1O[C@@H](C)CC. The van der Waals surface area contributed by atoms with Crippen molar-refractivity contribution in [2.75, 3.05) is 6.61 Å². The predicted octanol–water partition coefficient (Wildman–Crippen LogP) is 3.13. The fourth-order valence-corrected chi connectivity index (χ4v) is 2.38. The smallest absolute Gasteiger partial charge is 0.319 e. The van der Waals surface area contributed by atoms with Crippen LogP contribution in [0.3, 0.4) is 0 Å². The highest BCUT2D eigenvalue weighted by Crippen LogP contribution is 2.38. The van der Waals surface area contributed by atoms with E-state index in [0.717, 1.165) is 6.42 Å². The molecule has 8 heteroatoms. The van der Waals surface area contributed by atoms with Gasteiger partial charge in [0.1, 0.15) is 11.6 Å². The molecule has 3 amide bonds. The zero-order valence-corrected chi connectivity index (χ0v) is 15.8. The molecule has 0 spiro atoms. The molecule has 134 valence electrons. The van der Waals surface area contributed by atoms with E-state index in [1.165, 1.54) is 6.08 Å². The fourth-order valence-electron chi connectivity index (χ4n) is 1.83. The molecule has 0 aliphatic heterocycles.